The number of hydrogen-bond acceptors (Lipinski definition) is 7. The first-order valence-electron chi connectivity index (χ1n) is 7.64. The van der Waals surface area contributed by atoms with E-state index in [1.54, 1.807) is 6.20 Å². The van der Waals surface area contributed by atoms with Crippen LogP contribution in [0.1, 0.15) is 43.1 Å². The zero-order valence-electron chi connectivity index (χ0n) is 13.9. The summed E-state index contributed by atoms with van der Waals surface area (Å²) in [4.78, 5) is 15.6. The van der Waals surface area contributed by atoms with Gasteiger partial charge in [-0.15, -0.1) is 12.4 Å². The van der Waals surface area contributed by atoms with Crippen molar-refractivity contribution in [2.75, 3.05) is 26.7 Å². The van der Waals surface area contributed by atoms with E-state index < -0.39 is 0 Å². The van der Waals surface area contributed by atoms with Crippen LogP contribution in [0.4, 0.5) is 0 Å². The summed E-state index contributed by atoms with van der Waals surface area (Å²) in [6, 6.07) is 0.139. The van der Waals surface area contributed by atoms with Gasteiger partial charge in [0.25, 0.3) is 5.89 Å². The third kappa shape index (κ3) is 3.68. The molecule has 1 aliphatic heterocycles. The zero-order chi connectivity index (χ0) is 15.7. The van der Waals surface area contributed by atoms with Gasteiger partial charge in [-0.3, -0.25) is 4.90 Å². The molecule has 126 valence electrons. The van der Waals surface area contributed by atoms with E-state index in [-0.39, 0.29) is 24.4 Å². The first-order valence-corrected chi connectivity index (χ1v) is 7.64. The van der Waals surface area contributed by atoms with Crippen LogP contribution in [0.15, 0.2) is 10.7 Å². The van der Waals surface area contributed by atoms with Crippen LogP contribution in [0.2, 0.25) is 0 Å². The average Bonchev–Trinajstić information content (AvgIpc) is 2.97. The van der Waals surface area contributed by atoms with Gasteiger partial charge in [-0.1, -0.05) is 19.0 Å². The molecule has 1 N–H and O–H groups in total. The molecule has 1 aliphatic rings. The molecule has 0 saturated carbocycles. The molecule has 2 aromatic rings. The molecule has 1 saturated heterocycles. The first kappa shape index (κ1) is 17.8. The highest BCUT2D eigenvalue weighted by molar-refractivity contribution is 5.85. The maximum Gasteiger partial charge on any atom is 0.261 e. The second-order valence-corrected chi connectivity index (χ2v) is 6.03. The van der Waals surface area contributed by atoms with Crippen molar-refractivity contribution in [3.05, 3.63) is 23.5 Å². The Balaban J connectivity index is 0.00000192. The number of aryl methyl sites for hydroxylation is 1. The van der Waals surface area contributed by atoms with E-state index in [0.29, 0.717) is 11.7 Å². The lowest BCUT2D eigenvalue weighted by Gasteiger charge is -2.30. The first-order chi connectivity index (χ1) is 10.6. The Bertz CT molecular complexity index is 659. The fourth-order valence-corrected chi connectivity index (χ4v) is 2.67. The molecule has 8 heteroatoms. The van der Waals surface area contributed by atoms with E-state index in [2.05, 4.69) is 51.2 Å². The largest absolute Gasteiger partial charge is 0.334 e. The SMILES string of the molecule is Cc1ncc(-c2nc(C3CNCCN3C)no2)c(C(C)C)n1.Cl. The normalized spacial score (nSPS) is 18.9. The summed E-state index contributed by atoms with van der Waals surface area (Å²) < 4.78 is 5.49. The number of piperazine rings is 1. The minimum Gasteiger partial charge on any atom is -0.334 e. The van der Waals surface area contributed by atoms with Crippen LogP contribution in [0.25, 0.3) is 11.5 Å². The van der Waals surface area contributed by atoms with Crippen LogP contribution in [-0.4, -0.2) is 51.7 Å². The molecule has 0 aliphatic carbocycles. The maximum absolute atomic E-state index is 5.49. The molecule has 2 aromatic heterocycles. The van der Waals surface area contributed by atoms with E-state index in [9.17, 15) is 0 Å². The molecule has 3 heterocycles. The quantitative estimate of drug-likeness (QED) is 0.916. The molecule has 0 amide bonds. The third-order valence-electron chi connectivity index (χ3n) is 3.97. The van der Waals surface area contributed by atoms with Crippen molar-refractivity contribution in [1.82, 2.24) is 30.3 Å². The summed E-state index contributed by atoms with van der Waals surface area (Å²) in [5.41, 5.74) is 1.77. The van der Waals surface area contributed by atoms with E-state index in [1.807, 2.05) is 6.92 Å². The van der Waals surface area contributed by atoms with Gasteiger partial charge in [0.2, 0.25) is 0 Å². The fraction of sp³-hybridized carbons (Fsp3) is 0.600. The van der Waals surface area contributed by atoms with Crippen molar-refractivity contribution in [3.8, 4) is 11.5 Å². The fourth-order valence-electron chi connectivity index (χ4n) is 2.67. The molecule has 0 aromatic carbocycles. The number of likely N-dealkylation sites (N-methyl/N-ethyl adjacent to an activating group) is 1. The highest BCUT2D eigenvalue weighted by Crippen LogP contribution is 2.27. The molecular formula is C15H23ClN6O. The van der Waals surface area contributed by atoms with Crippen molar-refractivity contribution >= 4 is 12.4 Å². The highest BCUT2D eigenvalue weighted by atomic mass is 35.5. The van der Waals surface area contributed by atoms with Gasteiger partial charge in [-0.05, 0) is 19.9 Å². The van der Waals surface area contributed by atoms with Crippen molar-refractivity contribution < 1.29 is 4.52 Å². The van der Waals surface area contributed by atoms with E-state index >= 15 is 0 Å². The molecule has 0 spiro atoms. The number of aromatic nitrogens is 4. The van der Waals surface area contributed by atoms with Gasteiger partial charge in [0.15, 0.2) is 5.82 Å². The Kier molecular flexibility index (Phi) is 5.67. The van der Waals surface area contributed by atoms with Crippen LogP contribution < -0.4 is 5.32 Å². The predicted molar refractivity (Wildman–Crippen MR) is 89.6 cm³/mol. The molecular weight excluding hydrogens is 316 g/mol. The van der Waals surface area contributed by atoms with Crippen LogP contribution in [-0.2, 0) is 0 Å². The number of halogens is 1. The summed E-state index contributed by atoms with van der Waals surface area (Å²) in [5.74, 6) is 2.23. The van der Waals surface area contributed by atoms with Gasteiger partial charge in [-0.2, -0.15) is 4.98 Å². The summed E-state index contributed by atoms with van der Waals surface area (Å²) in [6.07, 6.45) is 1.78. The number of rotatable bonds is 3. The van der Waals surface area contributed by atoms with Crippen LogP contribution in [0.3, 0.4) is 0 Å². The Morgan fingerprint density at radius 1 is 1.35 bits per heavy atom. The molecule has 7 nitrogen and oxygen atoms in total. The topological polar surface area (TPSA) is 80.0 Å². The molecule has 23 heavy (non-hydrogen) atoms. The second-order valence-electron chi connectivity index (χ2n) is 6.03. The average molecular weight is 339 g/mol. The molecule has 1 unspecified atom stereocenters. The van der Waals surface area contributed by atoms with Crippen LogP contribution >= 0.6 is 12.4 Å². The Labute approximate surface area is 142 Å². The molecule has 1 fully saturated rings. The van der Waals surface area contributed by atoms with Crippen molar-refractivity contribution in [2.45, 2.75) is 32.7 Å². The lowest BCUT2D eigenvalue weighted by molar-refractivity contribution is 0.190. The molecule has 0 radical (unpaired) electrons. The van der Waals surface area contributed by atoms with Crippen LogP contribution in [0, 0.1) is 6.92 Å². The van der Waals surface area contributed by atoms with Gasteiger partial charge in [-0.25, -0.2) is 9.97 Å². The minimum absolute atomic E-state index is 0. The lowest BCUT2D eigenvalue weighted by atomic mass is 10.1. The molecule has 3 rings (SSSR count). The van der Waals surface area contributed by atoms with E-state index in [4.69, 9.17) is 4.52 Å². The van der Waals surface area contributed by atoms with E-state index in [1.165, 1.54) is 0 Å². The van der Waals surface area contributed by atoms with Crippen molar-refractivity contribution in [1.29, 1.82) is 0 Å². The smallest absolute Gasteiger partial charge is 0.261 e. The van der Waals surface area contributed by atoms with Gasteiger partial charge < -0.3 is 9.84 Å². The summed E-state index contributed by atoms with van der Waals surface area (Å²) >= 11 is 0. The third-order valence-corrected chi connectivity index (χ3v) is 3.97. The Morgan fingerprint density at radius 3 is 2.83 bits per heavy atom. The number of nitrogens with zero attached hydrogens (tertiary/aromatic N) is 5. The van der Waals surface area contributed by atoms with Crippen molar-refractivity contribution in [3.63, 3.8) is 0 Å². The maximum atomic E-state index is 5.49. The van der Waals surface area contributed by atoms with Gasteiger partial charge in [0.05, 0.1) is 17.3 Å². The van der Waals surface area contributed by atoms with Gasteiger partial charge in [0, 0.05) is 25.8 Å². The predicted octanol–water partition coefficient (Wildman–Crippen LogP) is 1.96. The summed E-state index contributed by atoms with van der Waals surface area (Å²) in [7, 11) is 2.08. The zero-order valence-corrected chi connectivity index (χ0v) is 14.7. The standard InChI is InChI=1S/C15H22N6O.ClH/c1-9(2)13-11(7-17-10(3)18-13)15-19-14(20-22-15)12-8-16-5-6-21(12)4;/h7,9,12,16H,5-6,8H2,1-4H3;1H. The summed E-state index contributed by atoms with van der Waals surface area (Å²) in [6.45, 7) is 8.87. The lowest BCUT2D eigenvalue weighted by Crippen LogP contribution is -2.44. The van der Waals surface area contributed by atoms with Crippen molar-refractivity contribution in [2.24, 2.45) is 0 Å². The Morgan fingerprint density at radius 2 is 2.13 bits per heavy atom. The van der Waals surface area contributed by atoms with Crippen LogP contribution in [0.5, 0.6) is 0 Å². The molecule has 1 atom stereocenters. The number of hydrogen-bond donors (Lipinski definition) is 1. The van der Waals surface area contributed by atoms with Gasteiger partial charge >= 0.3 is 0 Å². The van der Waals surface area contributed by atoms with E-state index in [0.717, 1.165) is 36.7 Å². The minimum atomic E-state index is 0. The Hall–Kier alpha value is -1.57. The molecule has 0 bridgehead atoms. The van der Waals surface area contributed by atoms with Gasteiger partial charge in [0.1, 0.15) is 5.82 Å². The monoisotopic (exact) mass is 338 g/mol. The summed E-state index contributed by atoms with van der Waals surface area (Å²) in [5, 5.41) is 7.53. The number of nitrogens with one attached hydrogen (secondary N) is 1. The highest BCUT2D eigenvalue weighted by Gasteiger charge is 2.26. The second kappa shape index (κ2) is 7.33.